The number of likely N-dealkylation sites (tertiary alicyclic amines) is 1. The van der Waals surface area contributed by atoms with Gasteiger partial charge in [0, 0.05) is 31.6 Å². The minimum atomic E-state index is -0.709. The molecule has 136 valence electrons. The van der Waals surface area contributed by atoms with Crippen molar-refractivity contribution in [2.24, 2.45) is 5.73 Å². The quantitative estimate of drug-likeness (QED) is 0.918. The Morgan fingerprint density at radius 3 is 2.35 bits per heavy atom. The molecular formula is C20H21F2N3O. The summed E-state index contributed by atoms with van der Waals surface area (Å²) in [6.07, 6.45) is 0.542. The highest BCUT2D eigenvalue weighted by Gasteiger charge is 2.43. The fraction of sp³-hybridized carbons (Fsp3) is 0.350. The highest BCUT2D eigenvalue weighted by atomic mass is 19.1. The Labute approximate surface area is 151 Å². The molecule has 2 aliphatic rings. The Bertz CT molecular complexity index is 794. The molecule has 3 atom stereocenters. The number of amides is 1. The van der Waals surface area contributed by atoms with E-state index in [1.54, 1.807) is 0 Å². The van der Waals surface area contributed by atoms with Crippen molar-refractivity contribution in [3.05, 3.63) is 65.7 Å². The highest BCUT2D eigenvalue weighted by molar-refractivity contribution is 5.99. The molecule has 0 bridgehead atoms. The highest BCUT2D eigenvalue weighted by Crippen LogP contribution is 2.33. The number of carbonyl (C=O) groups is 1. The van der Waals surface area contributed by atoms with Crippen molar-refractivity contribution in [3.63, 3.8) is 0 Å². The van der Waals surface area contributed by atoms with Gasteiger partial charge >= 0.3 is 0 Å². The summed E-state index contributed by atoms with van der Waals surface area (Å²) in [5.74, 6) is -1.52. The van der Waals surface area contributed by atoms with E-state index in [0.29, 0.717) is 26.1 Å². The van der Waals surface area contributed by atoms with Gasteiger partial charge < -0.3 is 10.6 Å². The van der Waals surface area contributed by atoms with E-state index in [1.807, 2.05) is 30.3 Å². The molecule has 0 spiro atoms. The van der Waals surface area contributed by atoms with Crippen molar-refractivity contribution in [1.82, 2.24) is 4.90 Å². The molecule has 2 fully saturated rings. The lowest BCUT2D eigenvalue weighted by atomic mass is 9.95. The molecule has 2 heterocycles. The molecule has 26 heavy (non-hydrogen) atoms. The second-order valence-corrected chi connectivity index (χ2v) is 7.00. The van der Waals surface area contributed by atoms with E-state index in [0.717, 1.165) is 5.56 Å². The Morgan fingerprint density at radius 1 is 0.962 bits per heavy atom. The van der Waals surface area contributed by atoms with Crippen LogP contribution in [0, 0.1) is 11.6 Å². The molecule has 2 aromatic rings. The van der Waals surface area contributed by atoms with E-state index >= 15 is 0 Å². The summed E-state index contributed by atoms with van der Waals surface area (Å²) in [4.78, 5) is 16.1. The van der Waals surface area contributed by atoms with Gasteiger partial charge in [-0.05, 0) is 24.1 Å². The minimum absolute atomic E-state index is 0.0653. The second-order valence-electron chi connectivity index (χ2n) is 7.00. The van der Waals surface area contributed by atoms with Gasteiger partial charge in [0.15, 0.2) is 0 Å². The molecule has 4 rings (SSSR count). The number of rotatable bonds is 3. The van der Waals surface area contributed by atoms with Crippen molar-refractivity contribution in [2.45, 2.75) is 24.4 Å². The first-order valence-corrected chi connectivity index (χ1v) is 8.86. The molecular weight excluding hydrogens is 336 g/mol. The van der Waals surface area contributed by atoms with Gasteiger partial charge in [0.1, 0.15) is 17.3 Å². The van der Waals surface area contributed by atoms with Crippen LogP contribution in [0.5, 0.6) is 0 Å². The molecule has 2 aromatic carbocycles. The lowest BCUT2D eigenvalue weighted by molar-refractivity contribution is -0.121. The third-order valence-corrected chi connectivity index (χ3v) is 5.45. The Hall–Kier alpha value is -2.31. The minimum Gasteiger partial charge on any atom is -0.326 e. The van der Waals surface area contributed by atoms with E-state index in [2.05, 4.69) is 4.90 Å². The first kappa shape index (κ1) is 17.1. The first-order valence-electron chi connectivity index (χ1n) is 8.86. The predicted molar refractivity (Wildman–Crippen MR) is 95.8 cm³/mol. The molecule has 4 nitrogen and oxygen atoms in total. The Kier molecular flexibility index (Phi) is 4.46. The zero-order valence-corrected chi connectivity index (χ0v) is 14.3. The van der Waals surface area contributed by atoms with Crippen LogP contribution in [0.3, 0.4) is 0 Å². The van der Waals surface area contributed by atoms with Gasteiger partial charge in [-0.3, -0.25) is 9.69 Å². The Balaban J connectivity index is 1.53. The topological polar surface area (TPSA) is 49.6 Å². The van der Waals surface area contributed by atoms with Crippen molar-refractivity contribution >= 4 is 11.6 Å². The molecule has 2 saturated heterocycles. The van der Waals surface area contributed by atoms with Gasteiger partial charge in [-0.1, -0.05) is 36.4 Å². The number of para-hydroxylation sites is 1. The number of hydrogen-bond donors (Lipinski definition) is 1. The maximum absolute atomic E-state index is 14.1. The van der Waals surface area contributed by atoms with Gasteiger partial charge in [-0.15, -0.1) is 0 Å². The van der Waals surface area contributed by atoms with Crippen LogP contribution < -0.4 is 10.6 Å². The summed E-state index contributed by atoms with van der Waals surface area (Å²) in [7, 11) is 0. The normalized spacial score (nSPS) is 26.7. The second kappa shape index (κ2) is 6.78. The summed E-state index contributed by atoms with van der Waals surface area (Å²) in [6.45, 7) is 1.59. The van der Waals surface area contributed by atoms with Crippen LogP contribution in [-0.2, 0) is 4.79 Å². The molecule has 0 radical (unpaired) electrons. The maximum Gasteiger partial charge on any atom is 0.244 e. The molecule has 0 saturated carbocycles. The largest absolute Gasteiger partial charge is 0.326 e. The molecule has 2 N–H and O–H groups in total. The first-order chi connectivity index (χ1) is 12.6. The zero-order valence-electron chi connectivity index (χ0n) is 14.3. The van der Waals surface area contributed by atoms with E-state index in [1.165, 1.54) is 23.1 Å². The van der Waals surface area contributed by atoms with Crippen molar-refractivity contribution in [1.29, 1.82) is 0 Å². The fourth-order valence-electron chi connectivity index (χ4n) is 4.14. The lowest BCUT2D eigenvalue weighted by Crippen LogP contribution is -2.42. The van der Waals surface area contributed by atoms with Crippen LogP contribution >= 0.6 is 0 Å². The number of nitrogens with two attached hydrogens (primary N) is 1. The third-order valence-electron chi connectivity index (χ3n) is 5.45. The van der Waals surface area contributed by atoms with E-state index < -0.39 is 11.6 Å². The number of benzene rings is 2. The summed E-state index contributed by atoms with van der Waals surface area (Å²) >= 11 is 0. The average molecular weight is 357 g/mol. The third kappa shape index (κ3) is 2.89. The van der Waals surface area contributed by atoms with Crippen LogP contribution in [0.15, 0.2) is 48.5 Å². The molecule has 2 aliphatic heterocycles. The predicted octanol–water partition coefficient (Wildman–Crippen LogP) is 2.50. The standard InChI is InChI=1S/C20H21F2N3O/c21-15-7-4-8-16(22)19(15)25-10-9-18(20(25)26)24-11-14(17(23)12-24)13-5-2-1-3-6-13/h1-8,14,17-18H,9-12,23H2/t14-,17+,18?/m0/s1. The summed E-state index contributed by atoms with van der Waals surface area (Å²) in [5.41, 5.74) is 7.23. The number of anilines is 1. The van der Waals surface area contributed by atoms with E-state index in [9.17, 15) is 13.6 Å². The monoisotopic (exact) mass is 357 g/mol. The molecule has 6 heteroatoms. The zero-order chi connectivity index (χ0) is 18.3. The number of carbonyl (C=O) groups excluding carboxylic acids is 1. The van der Waals surface area contributed by atoms with E-state index in [-0.39, 0.29) is 29.6 Å². The fourth-order valence-corrected chi connectivity index (χ4v) is 4.14. The lowest BCUT2D eigenvalue weighted by Gasteiger charge is -2.23. The van der Waals surface area contributed by atoms with Crippen LogP contribution in [0.25, 0.3) is 0 Å². The van der Waals surface area contributed by atoms with Gasteiger partial charge in [-0.2, -0.15) is 0 Å². The summed E-state index contributed by atoms with van der Waals surface area (Å²) in [5, 5.41) is 0. The molecule has 0 aromatic heterocycles. The molecule has 0 aliphatic carbocycles. The van der Waals surface area contributed by atoms with Crippen LogP contribution in [0.4, 0.5) is 14.5 Å². The van der Waals surface area contributed by atoms with Crippen LogP contribution in [-0.4, -0.2) is 42.5 Å². The van der Waals surface area contributed by atoms with Gasteiger partial charge in [0.25, 0.3) is 0 Å². The molecule has 1 amide bonds. The summed E-state index contributed by atoms with van der Waals surface area (Å²) in [6, 6.07) is 13.2. The Morgan fingerprint density at radius 2 is 1.65 bits per heavy atom. The molecule has 1 unspecified atom stereocenters. The van der Waals surface area contributed by atoms with Crippen molar-refractivity contribution < 1.29 is 13.6 Å². The number of nitrogens with zero attached hydrogens (tertiary/aromatic N) is 2. The van der Waals surface area contributed by atoms with E-state index in [4.69, 9.17) is 5.73 Å². The van der Waals surface area contributed by atoms with Crippen LogP contribution in [0.2, 0.25) is 0 Å². The van der Waals surface area contributed by atoms with Crippen molar-refractivity contribution in [3.8, 4) is 0 Å². The van der Waals surface area contributed by atoms with Crippen molar-refractivity contribution in [2.75, 3.05) is 24.5 Å². The van der Waals surface area contributed by atoms with Gasteiger partial charge in [0.05, 0.1) is 6.04 Å². The summed E-state index contributed by atoms with van der Waals surface area (Å²) < 4.78 is 28.1. The number of hydrogen-bond acceptors (Lipinski definition) is 3. The maximum atomic E-state index is 14.1. The van der Waals surface area contributed by atoms with Crippen LogP contribution in [0.1, 0.15) is 17.9 Å². The smallest absolute Gasteiger partial charge is 0.244 e. The van der Waals surface area contributed by atoms with Gasteiger partial charge in [-0.25, -0.2) is 8.78 Å². The SMILES string of the molecule is N[C@@H]1CN(C2CCN(c3c(F)cccc3F)C2=O)C[C@H]1c1ccccc1. The average Bonchev–Trinajstić information content (AvgIpc) is 3.19. The number of halogens is 2. The van der Waals surface area contributed by atoms with Gasteiger partial charge in [0.2, 0.25) is 5.91 Å².